The molecular formula is C14H21NO. The molecule has 2 nitrogen and oxygen atoms in total. The Kier molecular flexibility index (Phi) is 3.83. The molecule has 1 aromatic rings. The second-order valence-electron chi connectivity index (χ2n) is 4.77. The molecule has 0 heterocycles. The van der Waals surface area contributed by atoms with Crippen LogP contribution < -0.4 is 10.1 Å². The smallest absolute Gasteiger partial charge is 0.122 e. The molecule has 1 aliphatic rings. The molecular weight excluding hydrogens is 198 g/mol. The first-order valence-corrected chi connectivity index (χ1v) is 6.22. The Labute approximate surface area is 98.0 Å². The summed E-state index contributed by atoms with van der Waals surface area (Å²) in [4.78, 5) is 0. The van der Waals surface area contributed by atoms with Crippen molar-refractivity contribution >= 4 is 0 Å². The van der Waals surface area contributed by atoms with Gasteiger partial charge in [0.1, 0.15) is 12.4 Å². The van der Waals surface area contributed by atoms with Crippen LogP contribution >= 0.6 is 0 Å². The fourth-order valence-electron chi connectivity index (χ4n) is 1.80. The average molecular weight is 219 g/mol. The topological polar surface area (TPSA) is 21.3 Å². The zero-order valence-electron chi connectivity index (χ0n) is 10.2. The predicted octanol–water partition coefficient (Wildman–Crippen LogP) is 2.94. The molecule has 0 bridgehead atoms. The molecule has 0 radical (unpaired) electrons. The van der Waals surface area contributed by atoms with E-state index in [1.807, 2.05) is 6.07 Å². The van der Waals surface area contributed by atoms with Gasteiger partial charge in [0, 0.05) is 12.6 Å². The van der Waals surface area contributed by atoms with Gasteiger partial charge in [0.25, 0.3) is 0 Å². The summed E-state index contributed by atoms with van der Waals surface area (Å²) in [5.41, 5.74) is 1.30. The minimum absolute atomic E-state index is 0.521. The van der Waals surface area contributed by atoms with Crippen LogP contribution in [0.3, 0.4) is 0 Å². The molecule has 1 aliphatic carbocycles. The average Bonchev–Trinajstić information content (AvgIpc) is 3.08. The van der Waals surface area contributed by atoms with Crippen LogP contribution in [-0.4, -0.2) is 19.2 Å². The number of rotatable bonds is 6. The van der Waals surface area contributed by atoms with Crippen molar-refractivity contribution in [1.29, 1.82) is 0 Å². The van der Waals surface area contributed by atoms with Crippen LogP contribution in [0.5, 0.6) is 5.75 Å². The third-order valence-electron chi connectivity index (χ3n) is 2.91. The van der Waals surface area contributed by atoms with Gasteiger partial charge >= 0.3 is 0 Å². The molecule has 0 amide bonds. The van der Waals surface area contributed by atoms with Gasteiger partial charge in [0.15, 0.2) is 0 Å². The highest BCUT2D eigenvalue weighted by atomic mass is 16.5. The Hall–Kier alpha value is -1.02. The third-order valence-corrected chi connectivity index (χ3v) is 2.91. The standard InChI is InChI=1S/C14H21NO/c1-11(2)13-5-3-4-6-14(13)16-10-9-15-12-7-8-12/h3-6,11-12,15H,7-10H2,1-2H3. The second kappa shape index (κ2) is 5.35. The summed E-state index contributed by atoms with van der Waals surface area (Å²) in [6, 6.07) is 9.09. The molecule has 0 saturated heterocycles. The van der Waals surface area contributed by atoms with Gasteiger partial charge in [-0.1, -0.05) is 32.0 Å². The zero-order chi connectivity index (χ0) is 11.4. The van der Waals surface area contributed by atoms with E-state index in [0.29, 0.717) is 5.92 Å². The summed E-state index contributed by atoms with van der Waals surface area (Å²) in [6.45, 7) is 6.12. The zero-order valence-corrected chi connectivity index (χ0v) is 10.2. The van der Waals surface area contributed by atoms with Crippen molar-refractivity contribution in [2.45, 2.75) is 38.6 Å². The Bertz CT molecular complexity index is 331. The van der Waals surface area contributed by atoms with Crippen LogP contribution in [0.1, 0.15) is 38.2 Å². The van der Waals surface area contributed by atoms with Gasteiger partial charge < -0.3 is 10.1 Å². The number of hydrogen-bond acceptors (Lipinski definition) is 2. The highest BCUT2D eigenvalue weighted by Crippen LogP contribution is 2.25. The number of hydrogen-bond donors (Lipinski definition) is 1. The summed E-state index contributed by atoms with van der Waals surface area (Å²) < 4.78 is 5.81. The van der Waals surface area contributed by atoms with E-state index >= 15 is 0 Å². The summed E-state index contributed by atoms with van der Waals surface area (Å²) >= 11 is 0. The molecule has 2 rings (SSSR count). The van der Waals surface area contributed by atoms with Crippen molar-refractivity contribution in [1.82, 2.24) is 5.32 Å². The Balaban J connectivity index is 1.82. The molecule has 2 heteroatoms. The Morgan fingerprint density at radius 3 is 2.75 bits per heavy atom. The maximum atomic E-state index is 5.81. The molecule has 1 fully saturated rings. The van der Waals surface area contributed by atoms with Gasteiger partial charge in [-0.15, -0.1) is 0 Å². The van der Waals surface area contributed by atoms with E-state index in [1.165, 1.54) is 18.4 Å². The molecule has 0 unspecified atom stereocenters. The van der Waals surface area contributed by atoms with E-state index < -0.39 is 0 Å². The lowest BCUT2D eigenvalue weighted by Gasteiger charge is -2.13. The fraction of sp³-hybridized carbons (Fsp3) is 0.571. The molecule has 0 aromatic heterocycles. The fourth-order valence-corrected chi connectivity index (χ4v) is 1.80. The minimum Gasteiger partial charge on any atom is -0.492 e. The van der Waals surface area contributed by atoms with Crippen LogP contribution in [0.4, 0.5) is 0 Å². The first-order chi connectivity index (χ1) is 7.77. The summed E-state index contributed by atoms with van der Waals surface area (Å²) in [6.07, 6.45) is 2.67. The minimum atomic E-state index is 0.521. The molecule has 16 heavy (non-hydrogen) atoms. The van der Waals surface area contributed by atoms with Gasteiger partial charge in [-0.25, -0.2) is 0 Å². The number of nitrogens with one attached hydrogen (secondary N) is 1. The largest absolute Gasteiger partial charge is 0.492 e. The van der Waals surface area contributed by atoms with Crippen LogP contribution in [0.2, 0.25) is 0 Å². The monoisotopic (exact) mass is 219 g/mol. The maximum Gasteiger partial charge on any atom is 0.122 e. The first kappa shape index (κ1) is 11.5. The van der Waals surface area contributed by atoms with E-state index in [0.717, 1.165) is 24.9 Å². The Morgan fingerprint density at radius 2 is 2.06 bits per heavy atom. The molecule has 1 aromatic carbocycles. The van der Waals surface area contributed by atoms with Gasteiger partial charge in [-0.2, -0.15) is 0 Å². The van der Waals surface area contributed by atoms with Crippen LogP contribution in [0.15, 0.2) is 24.3 Å². The summed E-state index contributed by atoms with van der Waals surface area (Å²) in [7, 11) is 0. The molecule has 88 valence electrons. The highest BCUT2D eigenvalue weighted by Gasteiger charge is 2.19. The Morgan fingerprint density at radius 1 is 1.31 bits per heavy atom. The van der Waals surface area contributed by atoms with E-state index in [9.17, 15) is 0 Å². The van der Waals surface area contributed by atoms with E-state index in [1.54, 1.807) is 0 Å². The van der Waals surface area contributed by atoms with Crippen molar-refractivity contribution in [2.24, 2.45) is 0 Å². The quantitative estimate of drug-likeness (QED) is 0.743. The molecule has 1 N–H and O–H groups in total. The number of benzene rings is 1. The summed E-state index contributed by atoms with van der Waals surface area (Å²) in [5.74, 6) is 1.56. The van der Waals surface area contributed by atoms with E-state index in [-0.39, 0.29) is 0 Å². The van der Waals surface area contributed by atoms with Gasteiger partial charge in [-0.05, 0) is 30.4 Å². The first-order valence-electron chi connectivity index (χ1n) is 6.22. The van der Waals surface area contributed by atoms with Crippen LogP contribution in [0, 0.1) is 0 Å². The highest BCUT2D eigenvalue weighted by molar-refractivity contribution is 5.35. The van der Waals surface area contributed by atoms with E-state index in [4.69, 9.17) is 4.74 Å². The van der Waals surface area contributed by atoms with Crippen molar-refractivity contribution in [3.8, 4) is 5.75 Å². The third kappa shape index (κ3) is 3.24. The van der Waals surface area contributed by atoms with Crippen LogP contribution in [0.25, 0.3) is 0 Å². The number of para-hydroxylation sites is 1. The van der Waals surface area contributed by atoms with Gasteiger partial charge in [0.2, 0.25) is 0 Å². The lowest BCUT2D eigenvalue weighted by Crippen LogP contribution is -2.23. The van der Waals surface area contributed by atoms with Crippen molar-refractivity contribution < 1.29 is 4.74 Å². The number of ether oxygens (including phenoxy) is 1. The molecule has 0 aliphatic heterocycles. The van der Waals surface area contributed by atoms with Crippen molar-refractivity contribution in [2.75, 3.05) is 13.2 Å². The summed E-state index contributed by atoms with van der Waals surface area (Å²) in [5, 5.41) is 3.45. The van der Waals surface area contributed by atoms with Crippen molar-refractivity contribution in [3.63, 3.8) is 0 Å². The predicted molar refractivity (Wildman–Crippen MR) is 67.1 cm³/mol. The molecule has 0 atom stereocenters. The molecule has 0 spiro atoms. The van der Waals surface area contributed by atoms with Gasteiger partial charge in [0.05, 0.1) is 0 Å². The van der Waals surface area contributed by atoms with E-state index in [2.05, 4.69) is 37.4 Å². The van der Waals surface area contributed by atoms with Crippen molar-refractivity contribution in [3.05, 3.63) is 29.8 Å². The maximum absolute atomic E-state index is 5.81. The lowest BCUT2D eigenvalue weighted by molar-refractivity contribution is 0.309. The lowest BCUT2D eigenvalue weighted by atomic mass is 10.0. The second-order valence-corrected chi connectivity index (χ2v) is 4.77. The molecule has 1 saturated carbocycles. The SMILES string of the molecule is CC(C)c1ccccc1OCCNC1CC1. The normalized spacial score (nSPS) is 15.4. The van der Waals surface area contributed by atoms with Gasteiger partial charge in [-0.3, -0.25) is 0 Å². The van der Waals surface area contributed by atoms with Crippen LogP contribution in [-0.2, 0) is 0 Å².